The van der Waals surface area contributed by atoms with Crippen molar-refractivity contribution >= 4 is 17.7 Å². The number of carbonyl (C=O) groups is 3. The van der Waals surface area contributed by atoms with Crippen LogP contribution in [0.5, 0.6) is 0 Å². The zero-order chi connectivity index (χ0) is 13.8. The lowest BCUT2D eigenvalue weighted by molar-refractivity contribution is -0.143. The van der Waals surface area contributed by atoms with E-state index in [0.717, 1.165) is 6.42 Å². The van der Waals surface area contributed by atoms with E-state index in [4.69, 9.17) is 4.74 Å². The van der Waals surface area contributed by atoms with Crippen LogP contribution in [0.1, 0.15) is 39.5 Å². The van der Waals surface area contributed by atoms with Gasteiger partial charge >= 0.3 is 5.97 Å². The number of Topliss-reactive ketones (excluding diaryl/α,β-unsaturated/α-hetero) is 1. The lowest BCUT2D eigenvalue weighted by atomic mass is 10.2. The van der Waals surface area contributed by atoms with Crippen molar-refractivity contribution in [2.45, 2.75) is 39.5 Å². The number of amides is 1. The number of ether oxygens (including phenoxy) is 1. The summed E-state index contributed by atoms with van der Waals surface area (Å²) in [7, 11) is 0. The van der Waals surface area contributed by atoms with Crippen molar-refractivity contribution in [1.29, 1.82) is 0 Å². The Labute approximate surface area is 108 Å². The molecule has 0 aliphatic rings. The van der Waals surface area contributed by atoms with E-state index in [9.17, 15) is 14.4 Å². The Kier molecular flexibility index (Phi) is 9.54. The lowest BCUT2D eigenvalue weighted by Crippen LogP contribution is -2.31. The lowest BCUT2D eigenvalue weighted by Gasteiger charge is -2.03. The topological polar surface area (TPSA) is 72.5 Å². The summed E-state index contributed by atoms with van der Waals surface area (Å²) in [5.41, 5.74) is 0. The number of nitrogens with one attached hydrogen (secondary N) is 1. The molecule has 0 saturated carbocycles. The molecule has 0 atom stereocenters. The van der Waals surface area contributed by atoms with Crippen molar-refractivity contribution in [1.82, 2.24) is 5.32 Å². The highest BCUT2D eigenvalue weighted by Crippen LogP contribution is 1.93. The Morgan fingerprint density at radius 3 is 2.50 bits per heavy atom. The van der Waals surface area contributed by atoms with Crippen LogP contribution in [0.4, 0.5) is 0 Å². The van der Waals surface area contributed by atoms with Gasteiger partial charge in [-0.1, -0.05) is 19.1 Å². The summed E-state index contributed by atoms with van der Waals surface area (Å²) in [4.78, 5) is 33.6. The minimum atomic E-state index is -0.598. The average Bonchev–Trinajstić information content (AvgIpc) is 2.35. The van der Waals surface area contributed by atoms with E-state index >= 15 is 0 Å². The third-order valence-corrected chi connectivity index (χ3v) is 2.11. The molecule has 1 amide bonds. The fourth-order valence-corrected chi connectivity index (χ4v) is 1.22. The normalized spacial score (nSPS) is 10.3. The van der Waals surface area contributed by atoms with Crippen molar-refractivity contribution in [3.05, 3.63) is 12.2 Å². The Morgan fingerprint density at radius 2 is 1.89 bits per heavy atom. The quantitative estimate of drug-likeness (QED) is 0.292. The van der Waals surface area contributed by atoms with Gasteiger partial charge in [-0.15, -0.1) is 0 Å². The van der Waals surface area contributed by atoms with Crippen LogP contribution in [-0.4, -0.2) is 30.8 Å². The van der Waals surface area contributed by atoms with Crippen LogP contribution in [0.15, 0.2) is 12.2 Å². The molecule has 18 heavy (non-hydrogen) atoms. The Hall–Kier alpha value is -1.65. The van der Waals surface area contributed by atoms with Crippen LogP contribution in [0.3, 0.4) is 0 Å². The SMILES string of the molecule is CC/C=C\CC(=O)C(=O)NCCCC(=O)OCC. The molecular formula is C13H21NO4. The second-order valence-electron chi connectivity index (χ2n) is 3.67. The highest BCUT2D eigenvalue weighted by atomic mass is 16.5. The molecule has 102 valence electrons. The zero-order valence-corrected chi connectivity index (χ0v) is 11.0. The van der Waals surface area contributed by atoms with Gasteiger partial charge in [0.05, 0.1) is 6.61 Å². The molecule has 0 rings (SSSR count). The summed E-state index contributed by atoms with van der Waals surface area (Å²) >= 11 is 0. The predicted octanol–water partition coefficient (Wildman–Crippen LogP) is 1.37. The first-order chi connectivity index (χ1) is 8.61. The Morgan fingerprint density at radius 1 is 1.17 bits per heavy atom. The van der Waals surface area contributed by atoms with Gasteiger partial charge in [0.25, 0.3) is 5.91 Å². The summed E-state index contributed by atoms with van der Waals surface area (Å²) < 4.78 is 4.73. The minimum Gasteiger partial charge on any atom is -0.466 e. The van der Waals surface area contributed by atoms with Gasteiger partial charge in [0.1, 0.15) is 0 Å². The molecule has 0 aromatic rings. The van der Waals surface area contributed by atoms with Crippen molar-refractivity contribution in [2.75, 3.05) is 13.2 Å². The first-order valence-electron chi connectivity index (χ1n) is 6.23. The molecule has 0 unspecified atom stereocenters. The maximum atomic E-state index is 11.3. The van der Waals surface area contributed by atoms with E-state index in [-0.39, 0.29) is 18.8 Å². The molecule has 0 aliphatic heterocycles. The maximum absolute atomic E-state index is 11.3. The first-order valence-corrected chi connectivity index (χ1v) is 6.23. The van der Waals surface area contributed by atoms with E-state index < -0.39 is 11.7 Å². The summed E-state index contributed by atoms with van der Waals surface area (Å²) in [6, 6.07) is 0. The molecule has 0 aromatic carbocycles. The highest BCUT2D eigenvalue weighted by Gasteiger charge is 2.10. The molecule has 0 radical (unpaired) electrons. The molecule has 0 fully saturated rings. The Balaban J connectivity index is 3.67. The Bertz CT molecular complexity index is 310. The van der Waals surface area contributed by atoms with Crippen LogP contribution in [0.25, 0.3) is 0 Å². The highest BCUT2D eigenvalue weighted by molar-refractivity contribution is 6.36. The van der Waals surface area contributed by atoms with Gasteiger partial charge in [-0.05, 0) is 19.8 Å². The first kappa shape index (κ1) is 16.4. The van der Waals surface area contributed by atoms with Gasteiger partial charge in [0.15, 0.2) is 0 Å². The smallest absolute Gasteiger partial charge is 0.305 e. The number of carbonyl (C=O) groups excluding carboxylic acids is 3. The summed E-state index contributed by atoms with van der Waals surface area (Å²) in [5, 5.41) is 2.48. The maximum Gasteiger partial charge on any atom is 0.305 e. The second kappa shape index (κ2) is 10.5. The second-order valence-corrected chi connectivity index (χ2v) is 3.67. The van der Waals surface area contributed by atoms with E-state index in [2.05, 4.69) is 5.32 Å². The summed E-state index contributed by atoms with van der Waals surface area (Å²) in [6.45, 7) is 4.35. The fraction of sp³-hybridized carbons (Fsp3) is 0.615. The minimum absolute atomic E-state index is 0.123. The zero-order valence-electron chi connectivity index (χ0n) is 11.0. The number of rotatable bonds is 9. The molecule has 0 saturated heterocycles. The van der Waals surface area contributed by atoms with Crippen molar-refractivity contribution in [3.63, 3.8) is 0 Å². The third-order valence-electron chi connectivity index (χ3n) is 2.11. The van der Waals surface area contributed by atoms with E-state index in [1.54, 1.807) is 13.0 Å². The van der Waals surface area contributed by atoms with Crippen LogP contribution < -0.4 is 5.32 Å². The van der Waals surface area contributed by atoms with Gasteiger partial charge < -0.3 is 10.1 Å². The van der Waals surface area contributed by atoms with Gasteiger partial charge in [-0.2, -0.15) is 0 Å². The van der Waals surface area contributed by atoms with Crippen molar-refractivity contribution in [3.8, 4) is 0 Å². The molecular weight excluding hydrogens is 234 g/mol. The van der Waals surface area contributed by atoms with E-state index in [1.807, 2.05) is 13.0 Å². The van der Waals surface area contributed by atoms with Gasteiger partial charge in [-0.3, -0.25) is 14.4 Å². The number of ketones is 1. The molecule has 0 aliphatic carbocycles. The summed E-state index contributed by atoms with van der Waals surface area (Å²) in [5.74, 6) is -1.35. The fourth-order valence-electron chi connectivity index (χ4n) is 1.22. The molecule has 0 bridgehead atoms. The van der Waals surface area contributed by atoms with E-state index in [1.165, 1.54) is 0 Å². The number of allylic oxidation sites excluding steroid dienone is 2. The van der Waals surface area contributed by atoms with Crippen molar-refractivity contribution in [2.24, 2.45) is 0 Å². The molecule has 0 spiro atoms. The van der Waals surface area contributed by atoms with Gasteiger partial charge in [-0.25, -0.2) is 0 Å². The van der Waals surface area contributed by atoms with Crippen molar-refractivity contribution < 1.29 is 19.1 Å². The molecule has 1 N–H and O–H groups in total. The van der Waals surface area contributed by atoms with Gasteiger partial charge in [0, 0.05) is 19.4 Å². The van der Waals surface area contributed by atoms with Crippen LogP contribution in [0, 0.1) is 0 Å². The molecule has 0 aromatic heterocycles. The predicted molar refractivity (Wildman–Crippen MR) is 67.9 cm³/mol. The third kappa shape index (κ3) is 8.50. The van der Waals surface area contributed by atoms with Crippen LogP contribution in [-0.2, 0) is 19.1 Å². The standard InChI is InChI=1S/C13H21NO4/c1-3-5-6-8-11(15)13(17)14-10-7-9-12(16)18-4-2/h5-6H,3-4,7-10H2,1-2H3,(H,14,17)/b6-5-. The number of hydrogen-bond donors (Lipinski definition) is 1. The number of esters is 1. The van der Waals surface area contributed by atoms with Crippen LogP contribution >= 0.6 is 0 Å². The largest absolute Gasteiger partial charge is 0.466 e. The monoisotopic (exact) mass is 255 g/mol. The average molecular weight is 255 g/mol. The molecule has 5 nitrogen and oxygen atoms in total. The number of hydrogen-bond acceptors (Lipinski definition) is 4. The van der Waals surface area contributed by atoms with E-state index in [0.29, 0.717) is 19.6 Å². The summed E-state index contributed by atoms with van der Waals surface area (Å²) in [6.07, 6.45) is 5.21. The molecule has 0 heterocycles. The van der Waals surface area contributed by atoms with Gasteiger partial charge in [0.2, 0.25) is 5.78 Å². The molecule has 5 heteroatoms. The van der Waals surface area contributed by atoms with Crippen LogP contribution in [0.2, 0.25) is 0 Å².